The first-order valence-electron chi connectivity index (χ1n) is 7.06. The lowest BCUT2D eigenvalue weighted by molar-refractivity contribution is 0.0948. The van der Waals surface area contributed by atoms with Gasteiger partial charge in [0.15, 0.2) is 5.76 Å². The van der Waals surface area contributed by atoms with Gasteiger partial charge in [-0.3, -0.25) is 4.79 Å². The summed E-state index contributed by atoms with van der Waals surface area (Å²) in [7, 11) is -3.72. The quantitative estimate of drug-likeness (QED) is 0.861. The average Bonchev–Trinajstić information content (AvgIpc) is 2.86. The molecular weight excluding hydrogens is 318 g/mol. The summed E-state index contributed by atoms with van der Waals surface area (Å²) in [6, 6.07) is 6.01. The van der Waals surface area contributed by atoms with Crippen molar-refractivity contribution >= 4 is 15.9 Å². The zero-order chi connectivity index (χ0) is 17.2. The third-order valence-electron chi connectivity index (χ3n) is 3.35. The molecule has 1 aromatic heterocycles. The van der Waals surface area contributed by atoms with Crippen molar-refractivity contribution in [2.75, 3.05) is 0 Å². The van der Waals surface area contributed by atoms with Gasteiger partial charge in [-0.25, -0.2) is 13.6 Å². The van der Waals surface area contributed by atoms with E-state index in [9.17, 15) is 13.2 Å². The van der Waals surface area contributed by atoms with Crippen LogP contribution in [-0.4, -0.2) is 19.5 Å². The molecule has 0 aliphatic rings. The molecule has 124 valence electrons. The van der Waals surface area contributed by atoms with Crippen LogP contribution < -0.4 is 10.5 Å². The Morgan fingerprint density at radius 2 is 1.91 bits per heavy atom. The number of aromatic nitrogens is 1. The van der Waals surface area contributed by atoms with Gasteiger partial charge in [-0.05, 0) is 24.6 Å². The normalized spacial score (nSPS) is 11.7. The molecule has 0 aliphatic heterocycles. The Bertz CT molecular complexity index is 808. The van der Waals surface area contributed by atoms with Crippen molar-refractivity contribution in [3.05, 3.63) is 46.8 Å². The molecule has 0 saturated heterocycles. The highest BCUT2D eigenvalue weighted by Gasteiger charge is 2.22. The highest BCUT2D eigenvalue weighted by molar-refractivity contribution is 7.89. The lowest BCUT2D eigenvalue weighted by atomic mass is 10.0. The van der Waals surface area contributed by atoms with Crippen molar-refractivity contribution in [3.8, 4) is 0 Å². The SMILES string of the molecule is Cc1noc(C(C)C)c1C(=O)NCc1ccc(S(N)(=O)=O)cc1. The Morgan fingerprint density at radius 3 is 2.43 bits per heavy atom. The first-order valence-corrected chi connectivity index (χ1v) is 8.61. The van der Waals surface area contributed by atoms with Crippen LogP contribution in [0.2, 0.25) is 0 Å². The third-order valence-corrected chi connectivity index (χ3v) is 4.27. The number of carbonyl (C=O) groups is 1. The largest absolute Gasteiger partial charge is 0.360 e. The van der Waals surface area contributed by atoms with Gasteiger partial charge in [-0.15, -0.1) is 0 Å². The van der Waals surface area contributed by atoms with E-state index in [0.717, 1.165) is 5.56 Å². The van der Waals surface area contributed by atoms with Gasteiger partial charge in [0.1, 0.15) is 5.56 Å². The molecule has 1 heterocycles. The molecule has 0 radical (unpaired) electrons. The number of benzene rings is 1. The van der Waals surface area contributed by atoms with E-state index in [1.165, 1.54) is 12.1 Å². The molecule has 0 fully saturated rings. The van der Waals surface area contributed by atoms with Crippen LogP contribution in [0.5, 0.6) is 0 Å². The summed E-state index contributed by atoms with van der Waals surface area (Å²) in [5.41, 5.74) is 1.74. The van der Waals surface area contributed by atoms with Gasteiger partial charge in [0.25, 0.3) is 5.91 Å². The van der Waals surface area contributed by atoms with Crippen molar-refractivity contribution in [3.63, 3.8) is 0 Å². The number of primary sulfonamides is 1. The molecule has 3 N–H and O–H groups in total. The second-order valence-corrected chi connectivity index (χ2v) is 7.09. The second kappa shape index (κ2) is 6.51. The average molecular weight is 337 g/mol. The Labute approximate surface area is 134 Å². The number of rotatable bonds is 5. The van der Waals surface area contributed by atoms with Crippen molar-refractivity contribution in [2.24, 2.45) is 5.14 Å². The molecule has 0 aliphatic carbocycles. The van der Waals surface area contributed by atoms with Crippen LogP contribution in [0.3, 0.4) is 0 Å². The monoisotopic (exact) mass is 337 g/mol. The predicted octanol–water partition coefficient (Wildman–Crippen LogP) is 1.68. The molecule has 0 saturated carbocycles. The van der Waals surface area contributed by atoms with E-state index in [4.69, 9.17) is 9.66 Å². The minimum atomic E-state index is -3.72. The van der Waals surface area contributed by atoms with E-state index in [-0.39, 0.29) is 23.3 Å². The van der Waals surface area contributed by atoms with Gasteiger partial charge in [-0.2, -0.15) is 0 Å². The standard InChI is InChI=1S/C15H19N3O4S/c1-9(2)14-13(10(3)18-22-14)15(19)17-8-11-4-6-12(7-5-11)23(16,20)21/h4-7,9H,8H2,1-3H3,(H,17,19)(H2,16,20,21). The number of hydrogen-bond acceptors (Lipinski definition) is 5. The fourth-order valence-corrected chi connectivity index (χ4v) is 2.64. The second-order valence-electron chi connectivity index (χ2n) is 5.53. The van der Waals surface area contributed by atoms with Gasteiger partial charge < -0.3 is 9.84 Å². The Balaban J connectivity index is 2.09. The van der Waals surface area contributed by atoms with E-state index in [2.05, 4.69) is 10.5 Å². The number of nitrogens with two attached hydrogens (primary N) is 1. The van der Waals surface area contributed by atoms with Crippen LogP contribution in [-0.2, 0) is 16.6 Å². The Morgan fingerprint density at radius 1 is 1.30 bits per heavy atom. The zero-order valence-electron chi connectivity index (χ0n) is 13.2. The van der Waals surface area contributed by atoms with Crippen molar-refractivity contribution in [1.82, 2.24) is 10.5 Å². The summed E-state index contributed by atoms with van der Waals surface area (Å²) in [4.78, 5) is 12.4. The lowest BCUT2D eigenvalue weighted by Crippen LogP contribution is -2.24. The lowest BCUT2D eigenvalue weighted by Gasteiger charge is -2.08. The number of amides is 1. The maximum absolute atomic E-state index is 12.3. The van der Waals surface area contributed by atoms with Gasteiger partial charge in [-0.1, -0.05) is 31.1 Å². The fourth-order valence-electron chi connectivity index (χ4n) is 2.13. The zero-order valence-corrected chi connectivity index (χ0v) is 14.0. The summed E-state index contributed by atoms with van der Waals surface area (Å²) in [5, 5.41) is 11.7. The van der Waals surface area contributed by atoms with E-state index < -0.39 is 10.0 Å². The molecule has 2 aromatic rings. The Kier molecular flexibility index (Phi) is 4.86. The molecule has 2 rings (SSSR count). The van der Waals surface area contributed by atoms with Gasteiger partial charge >= 0.3 is 0 Å². The first-order chi connectivity index (χ1) is 10.7. The smallest absolute Gasteiger partial charge is 0.257 e. The van der Waals surface area contributed by atoms with Crippen LogP contribution in [0.25, 0.3) is 0 Å². The summed E-state index contributed by atoms with van der Waals surface area (Å²) in [6.45, 7) is 5.81. The van der Waals surface area contributed by atoms with Gasteiger partial charge in [0.05, 0.1) is 10.6 Å². The van der Waals surface area contributed by atoms with E-state index in [1.807, 2.05) is 13.8 Å². The number of aryl methyl sites for hydroxylation is 1. The molecule has 0 atom stereocenters. The molecular formula is C15H19N3O4S. The molecule has 0 unspecified atom stereocenters. The highest BCUT2D eigenvalue weighted by Crippen LogP contribution is 2.22. The summed E-state index contributed by atoms with van der Waals surface area (Å²) in [6.07, 6.45) is 0. The van der Waals surface area contributed by atoms with E-state index in [1.54, 1.807) is 19.1 Å². The van der Waals surface area contributed by atoms with Crippen molar-refractivity contribution < 1.29 is 17.7 Å². The topological polar surface area (TPSA) is 115 Å². The van der Waals surface area contributed by atoms with Crippen molar-refractivity contribution in [1.29, 1.82) is 0 Å². The maximum Gasteiger partial charge on any atom is 0.257 e. The molecule has 7 nitrogen and oxygen atoms in total. The summed E-state index contributed by atoms with van der Waals surface area (Å²) >= 11 is 0. The number of nitrogens with zero attached hydrogens (tertiary/aromatic N) is 1. The first kappa shape index (κ1) is 17.2. The van der Waals surface area contributed by atoms with Crippen LogP contribution in [0.4, 0.5) is 0 Å². The number of nitrogens with one attached hydrogen (secondary N) is 1. The number of carbonyl (C=O) groups excluding carboxylic acids is 1. The minimum absolute atomic E-state index is 0.0320. The Hall–Kier alpha value is -2.19. The molecule has 1 amide bonds. The van der Waals surface area contributed by atoms with E-state index in [0.29, 0.717) is 17.0 Å². The van der Waals surface area contributed by atoms with Crippen molar-refractivity contribution in [2.45, 2.75) is 38.1 Å². The summed E-state index contributed by atoms with van der Waals surface area (Å²) in [5.74, 6) is 0.318. The molecule has 23 heavy (non-hydrogen) atoms. The molecule has 1 aromatic carbocycles. The molecule has 0 spiro atoms. The number of hydrogen-bond donors (Lipinski definition) is 2. The third kappa shape index (κ3) is 3.96. The molecule has 0 bridgehead atoms. The van der Waals surface area contributed by atoms with Gasteiger partial charge in [0, 0.05) is 12.5 Å². The van der Waals surface area contributed by atoms with Crippen LogP contribution in [0.15, 0.2) is 33.7 Å². The van der Waals surface area contributed by atoms with Crippen LogP contribution in [0.1, 0.15) is 47.1 Å². The van der Waals surface area contributed by atoms with Crippen LogP contribution >= 0.6 is 0 Å². The summed E-state index contributed by atoms with van der Waals surface area (Å²) < 4.78 is 27.6. The minimum Gasteiger partial charge on any atom is -0.360 e. The predicted molar refractivity (Wildman–Crippen MR) is 84.3 cm³/mol. The fraction of sp³-hybridized carbons (Fsp3) is 0.333. The highest BCUT2D eigenvalue weighted by atomic mass is 32.2. The van der Waals surface area contributed by atoms with Crippen LogP contribution in [0, 0.1) is 6.92 Å². The number of sulfonamides is 1. The van der Waals surface area contributed by atoms with E-state index >= 15 is 0 Å². The molecule has 8 heteroatoms. The van der Waals surface area contributed by atoms with Gasteiger partial charge in [0.2, 0.25) is 10.0 Å². The maximum atomic E-state index is 12.3.